The van der Waals surface area contributed by atoms with Gasteiger partial charge in [0.15, 0.2) is 0 Å². The molecule has 0 aliphatic carbocycles. The Balaban J connectivity index is 1.87. The molecular formula is C17H30N2O2. The first kappa shape index (κ1) is 17.9. The fraction of sp³-hybridized carbons (Fsp3) is 0.765. The fourth-order valence-corrected chi connectivity index (χ4v) is 2.39. The predicted molar refractivity (Wildman–Crippen MR) is 85.9 cm³/mol. The van der Waals surface area contributed by atoms with Gasteiger partial charge in [0, 0.05) is 24.2 Å². The molecule has 2 amide bonds. The highest BCUT2D eigenvalue weighted by Gasteiger charge is 2.21. The van der Waals surface area contributed by atoms with Gasteiger partial charge >= 0.3 is 0 Å². The number of imide groups is 1. The number of nitrogens with zero attached hydrogens (tertiary/aromatic N) is 1. The third kappa shape index (κ3) is 8.00. The van der Waals surface area contributed by atoms with Gasteiger partial charge < -0.3 is 5.32 Å². The summed E-state index contributed by atoms with van der Waals surface area (Å²) in [5.41, 5.74) is 0.222. The van der Waals surface area contributed by atoms with E-state index < -0.39 is 0 Å². The van der Waals surface area contributed by atoms with Gasteiger partial charge in [-0.15, -0.1) is 0 Å². The SMILES string of the molecule is CC(C)(C)NCCCCCCCCCN1C(=O)C=CC1=O. The van der Waals surface area contributed by atoms with Gasteiger partial charge in [0.1, 0.15) is 0 Å². The molecule has 1 rings (SSSR count). The molecule has 0 bridgehead atoms. The predicted octanol–water partition coefficient (Wildman–Crippen LogP) is 3.03. The number of nitrogens with one attached hydrogen (secondary N) is 1. The Hall–Kier alpha value is -1.16. The molecule has 0 saturated carbocycles. The summed E-state index contributed by atoms with van der Waals surface area (Å²) in [6, 6.07) is 0. The van der Waals surface area contributed by atoms with Crippen LogP contribution in [0.1, 0.15) is 65.7 Å². The quantitative estimate of drug-likeness (QED) is 0.498. The molecular weight excluding hydrogens is 264 g/mol. The molecule has 0 aromatic carbocycles. The molecule has 21 heavy (non-hydrogen) atoms. The molecule has 0 aromatic rings. The Morgan fingerprint density at radius 1 is 0.857 bits per heavy atom. The summed E-state index contributed by atoms with van der Waals surface area (Å²) in [5.74, 6) is -0.322. The lowest BCUT2D eigenvalue weighted by atomic mass is 10.1. The van der Waals surface area contributed by atoms with E-state index in [4.69, 9.17) is 0 Å². The number of rotatable bonds is 10. The van der Waals surface area contributed by atoms with Crippen molar-refractivity contribution >= 4 is 11.8 Å². The Morgan fingerprint density at radius 3 is 1.86 bits per heavy atom. The monoisotopic (exact) mass is 294 g/mol. The zero-order valence-corrected chi connectivity index (χ0v) is 13.8. The smallest absolute Gasteiger partial charge is 0.253 e. The number of amides is 2. The number of unbranched alkanes of at least 4 members (excludes halogenated alkanes) is 6. The molecule has 1 aliphatic rings. The molecule has 0 fully saturated rings. The van der Waals surface area contributed by atoms with Crippen molar-refractivity contribution in [3.8, 4) is 0 Å². The van der Waals surface area contributed by atoms with E-state index in [1.807, 2.05) is 0 Å². The normalized spacial score (nSPS) is 15.3. The van der Waals surface area contributed by atoms with Gasteiger partial charge in [0.25, 0.3) is 11.8 Å². The third-order valence-corrected chi connectivity index (χ3v) is 3.61. The first-order valence-electron chi connectivity index (χ1n) is 8.19. The second kappa shape index (κ2) is 8.98. The molecule has 1 heterocycles. The van der Waals surface area contributed by atoms with Crippen LogP contribution in [0.15, 0.2) is 12.2 Å². The third-order valence-electron chi connectivity index (χ3n) is 3.61. The van der Waals surface area contributed by atoms with Gasteiger partial charge in [-0.05, 0) is 40.2 Å². The standard InChI is InChI=1S/C17H30N2O2/c1-17(2,3)18-13-9-7-5-4-6-8-10-14-19-15(20)11-12-16(19)21/h11-12,18H,4-10,13-14H2,1-3H3. The topological polar surface area (TPSA) is 49.4 Å². The van der Waals surface area contributed by atoms with Crippen molar-refractivity contribution in [3.63, 3.8) is 0 Å². The molecule has 1 N–H and O–H groups in total. The van der Waals surface area contributed by atoms with Crippen molar-refractivity contribution in [1.29, 1.82) is 0 Å². The van der Waals surface area contributed by atoms with Gasteiger partial charge in [-0.25, -0.2) is 0 Å². The molecule has 0 spiro atoms. The maximum absolute atomic E-state index is 11.3. The van der Waals surface area contributed by atoms with E-state index in [1.165, 1.54) is 49.2 Å². The molecule has 0 atom stereocenters. The summed E-state index contributed by atoms with van der Waals surface area (Å²) in [6.07, 6.45) is 10.9. The van der Waals surface area contributed by atoms with Gasteiger partial charge in [-0.2, -0.15) is 0 Å². The van der Waals surface area contributed by atoms with Gasteiger partial charge in [-0.3, -0.25) is 14.5 Å². The van der Waals surface area contributed by atoms with E-state index >= 15 is 0 Å². The van der Waals surface area contributed by atoms with E-state index in [0.717, 1.165) is 19.4 Å². The van der Waals surface area contributed by atoms with Gasteiger partial charge in [0.2, 0.25) is 0 Å². The lowest BCUT2D eigenvalue weighted by Crippen LogP contribution is -2.36. The molecule has 0 radical (unpaired) electrons. The van der Waals surface area contributed by atoms with Crippen LogP contribution in [0.3, 0.4) is 0 Å². The minimum atomic E-state index is -0.161. The van der Waals surface area contributed by atoms with Gasteiger partial charge in [-0.1, -0.05) is 32.1 Å². The van der Waals surface area contributed by atoms with Crippen LogP contribution in [0.25, 0.3) is 0 Å². The largest absolute Gasteiger partial charge is 0.312 e. The first-order valence-corrected chi connectivity index (χ1v) is 8.19. The number of hydrogen-bond donors (Lipinski definition) is 1. The van der Waals surface area contributed by atoms with Crippen LogP contribution in [-0.2, 0) is 9.59 Å². The van der Waals surface area contributed by atoms with E-state index in [2.05, 4.69) is 26.1 Å². The van der Waals surface area contributed by atoms with Crippen molar-refractivity contribution in [2.24, 2.45) is 0 Å². The lowest BCUT2D eigenvalue weighted by molar-refractivity contribution is -0.136. The average Bonchev–Trinajstić information content (AvgIpc) is 2.71. The van der Waals surface area contributed by atoms with Crippen LogP contribution in [0.2, 0.25) is 0 Å². The number of carbonyl (C=O) groups excluding carboxylic acids is 2. The summed E-state index contributed by atoms with van der Waals surface area (Å²) < 4.78 is 0. The molecule has 0 saturated heterocycles. The zero-order valence-electron chi connectivity index (χ0n) is 13.8. The first-order chi connectivity index (χ1) is 9.90. The zero-order chi connectivity index (χ0) is 15.7. The van der Waals surface area contributed by atoms with E-state index in [-0.39, 0.29) is 17.4 Å². The van der Waals surface area contributed by atoms with E-state index in [9.17, 15) is 9.59 Å². The second-order valence-electron chi connectivity index (χ2n) is 6.81. The van der Waals surface area contributed by atoms with Crippen molar-refractivity contribution < 1.29 is 9.59 Å². The molecule has 120 valence electrons. The summed E-state index contributed by atoms with van der Waals surface area (Å²) in [6.45, 7) is 8.24. The second-order valence-corrected chi connectivity index (χ2v) is 6.81. The van der Waals surface area contributed by atoms with Crippen LogP contribution in [-0.4, -0.2) is 35.3 Å². The van der Waals surface area contributed by atoms with Crippen LogP contribution in [0.4, 0.5) is 0 Å². The van der Waals surface area contributed by atoms with Gasteiger partial charge in [0.05, 0.1) is 0 Å². The van der Waals surface area contributed by atoms with Crippen LogP contribution < -0.4 is 5.32 Å². The van der Waals surface area contributed by atoms with Crippen LogP contribution in [0.5, 0.6) is 0 Å². The molecule has 0 aromatic heterocycles. The lowest BCUT2D eigenvalue weighted by Gasteiger charge is -2.20. The van der Waals surface area contributed by atoms with Crippen molar-refractivity contribution in [2.75, 3.05) is 13.1 Å². The summed E-state index contributed by atoms with van der Waals surface area (Å²) in [5, 5.41) is 3.50. The number of carbonyl (C=O) groups is 2. The highest BCUT2D eigenvalue weighted by atomic mass is 16.2. The van der Waals surface area contributed by atoms with E-state index in [1.54, 1.807) is 0 Å². The average molecular weight is 294 g/mol. The van der Waals surface area contributed by atoms with Crippen molar-refractivity contribution in [3.05, 3.63) is 12.2 Å². The molecule has 1 aliphatic heterocycles. The van der Waals surface area contributed by atoms with Crippen LogP contribution >= 0.6 is 0 Å². The molecule has 4 heteroatoms. The summed E-state index contributed by atoms with van der Waals surface area (Å²) in [7, 11) is 0. The highest BCUT2D eigenvalue weighted by molar-refractivity contribution is 6.12. The van der Waals surface area contributed by atoms with Crippen molar-refractivity contribution in [2.45, 2.75) is 71.3 Å². The molecule has 4 nitrogen and oxygen atoms in total. The maximum atomic E-state index is 11.3. The number of hydrogen-bond acceptors (Lipinski definition) is 3. The Morgan fingerprint density at radius 2 is 1.33 bits per heavy atom. The molecule has 0 unspecified atom stereocenters. The summed E-state index contributed by atoms with van der Waals surface area (Å²) >= 11 is 0. The minimum absolute atomic E-state index is 0.161. The summed E-state index contributed by atoms with van der Waals surface area (Å²) in [4.78, 5) is 24.0. The van der Waals surface area contributed by atoms with Crippen molar-refractivity contribution in [1.82, 2.24) is 10.2 Å². The maximum Gasteiger partial charge on any atom is 0.253 e. The Labute approximate surface area is 129 Å². The Kier molecular flexibility index (Phi) is 7.65. The van der Waals surface area contributed by atoms with E-state index in [0.29, 0.717) is 6.54 Å². The fourth-order valence-electron chi connectivity index (χ4n) is 2.39. The highest BCUT2D eigenvalue weighted by Crippen LogP contribution is 2.10. The Bertz CT molecular complexity index is 351. The minimum Gasteiger partial charge on any atom is -0.312 e. The van der Waals surface area contributed by atoms with Crippen LogP contribution in [0, 0.1) is 0 Å².